The van der Waals surface area contributed by atoms with Crippen LogP contribution < -0.4 is 0 Å². The van der Waals surface area contributed by atoms with Crippen LogP contribution in [0.4, 0.5) is 0 Å². The molecule has 3 rings (SSSR count). The molecule has 104 valence electrons. The molecule has 0 bridgehead atoms. The van der Waals surface area contributed by atoms with Gasteiger partial charge >= 0.3 is 0 Å². The Kier molecular flexibility index (Phi) is 3.28. The summed E-state index contributed by atoms with van der Waals surface area (Å²) in [6.07, 6.45) is 10.0. The molecule has 0 N–H and O–H groups in total. The van der Waals surface area contributed by atoms with Crippen molar-refractivity contribution < 1.29 is 4.79 Å². The largest absolute Gasteiger partial charge is 0.347 e. The first-order valence-electron chi connectivity index (χ1n) is 7.27. The van der Waals surface area contributed by atoms with Crippen LogP contribution in [0.5, 0.6) is 0 Å². The van der Waals surface area contributed by atoms with Gasteiger partial charge < -0.3 is 4.57 Å². The monoisotopic (exact) mass is 277 g/mol. The number of Topliss-reactive ketones (excluding diaryl/α,β-unsaturated/α-hetero) is 1. The molecule has 1 saturated carbocycles. The minimum Gasteiger partial charge on any atom is -0.347 e. The second-order valence-corrected chi connectivity index (χ2v) is 7.87. The van der Waals surface area contributed by atoms with Gasteiger partial charge in [0.25, 0.3) is 0 Å². The van der Waals surface area contributed by atoms with Crippen molar-refractivity contribution in [3.05, 3.63) is 23.5 Å². The van der Waals surface area contributed by atoms with Crippen LogP contribution in [-0.4, -0.2) is 21.9 Å². The average molecular weight is 277 g/mol. The van der Waals surface area contributed by atoms with Gasteiger partial charge in [0.1, 0.15) is 0 Å². The highest BCUT2D eigenvalue weighted by molar-refractivity contribution is 7.99. The highest BCUT2D eigenvalue weighted by atomic mass is 32.2. The first-order valence-corrected chi connectivity index (χ1v) is 8.56. The van der Waals surface area contributed by atoms with E-state index in [4.69, 9.17) is 0 Å². The smallest absolute Gasteiger partial charge is 0.165 e. The van der Waals surface area contributed by atoms with Gasteiger partial charge in [-0.1, -0.05) is 20.3 Å². The molecule has 2 aliphatic carbocycles. The number of hydrogen-bond acceptors (Lipinski definition) is 2. The molecule has 1 aromatic heterocycles. The molecule has 0 amide bonds. The van der Waals surface area contributed by atoms with Crippen molar-refractivity contribution in [2.24, 2.45) is 5.41 Å². The molecule has 0 spiro atoms. The Hall–Kier alpha value is -0.700. The molecule has 2 nitrogen and oxygen atoms in total. The molecule has 0 aliphatic heterocycles. The zero-order valence-electron chi connectivity index (χ0n) is 12.1. The third kappa shape index (κ3) is 2.26. The van der Waals surface area contributed by atoms with Gasteiger partial charge in [-0.25, -0.2) is 0 Å². The van der Waals surface area contributed by atoms with E-state index in [9.17, 15) is 4.79 Å². The lowest BCUT2D eigenvalue weighted by molar-refractivity contribution is 0.0909. The molecular formula is C16H23NOS. The summed E-state index contributed by atoms with van der Waals surface area (Å²) in [5.74, 6) is 0.337. The predicted octanol–water partition coefficient (Wildman–Crippen LogP) is 4.10. The topological polar surface area (TPSA) is 22.0 Å². The van der Waals surface area contributed by atoms with Crippen molar-refractivity contribution >= 4 is 17.5 Å². The summed E-state index contributed by atoms with van der Waals surface area (Å²) < 4.78 is 2.43. The highest BCUT2D eigenvalue weighted by Gasteiger charge is 2.36. The molecule has 2 unspecified atom stereocenters. The van der Waals surface area contributed by atoms with Gasteiger partial charge in [-0.2, -0.15) is 11.8 Å². The summed E-state index contributed by atoms with van der Waals surface area (Å²) in [7, 11) is 0. The SMILES string of the molecule is CSC1CCCC1n1ccc2c1CC(C)(C)CC2=O. The van der Waals surface area contributed by atoms with Crippen LogP contribution in [-0.2, 0) is 6.42 Å². The minimum absolute atomic E-state index is 0.119. The first kappa shape index (κ1) is 13.3. The number of nitrogens with zero attached hydrogens (tertiary/aromatic N) is 1. The Morgan fingerprint density at radius 2 is 2.11 bits per heavy atom. The molecule has 0 saturated heterocycles. The van der Waals surface area contributed by atoms with E-state index in [1.165, 1.54) is 25.0 Å². The summed E-state index contributed by atoms with van der Waals surface area (Å²) in [5, 5.41) is 0.719. The summed E-state index contributed by atoms with van der Waals surface area (Å²) in [6.45, 7) is 4.43. The number of carbonyl (C=O) groups excluding carboxylic acids is 1. The molecule has 3 heteroatoms. The second kappa shape index (κ2) is 4.69. The van der Waals surface area contributed by atoms with Crippen LogP contribution in [0, 0.1) is 5.41 Å². The Bertz CT molecular complexity index is 503. The van der Waals surface area contributed by atoms with Crippen LogP contribution in [0.3, 0.4) is 0 Å². The van der Waals surface area contributed by atoms with Gasteiger partial charge in [0, 0.05) is 35.2 Å². The third-order valence-electron chi connectivity index (χ3n) is 4.69. The number of fused-ring (bicyclic) bond motifs is 1. The minimum atomic E-state index is 0.119. The van der Waals surface area contributed by atoms with Gasteiger partial charge in [-0.3, -0.25) is 4.79 Å². The van der Waals surface area contributed by atoms with E-state index in [2.05, 4.69) is 36.9 Å². The lowest BCUT2D eigenvalue weighted by Crippen LogP contribution is -2.29. The van der Waals surface area contributed by atoms with Gasteiger partial charge in [0.05, 0.1) is 0 Å². The number of rotatable bonds is 2. The fourth-order valence-corrected chi connectivity index (χ4v) is 4.76. The molecular weight excluding hydrogens is 254 g/mol. The van der Waals surface area contributed by atoms with E-state index in [-0.39, 0.29) is 5.41 Å². The van der Waals surface area contributed by atoms with Gasteiger partial charge in [0.15, 0.2) is 5.78 Å². The number of carbonyl (C=O) groups is 1. The lowest BCUT2D eigenvalue weighted by Gasteiger charge is -2.32. The van der Waals surface area contributed by atoms with Gasteiger partial charge in [-0.05, 0) is 37.0 Å². The number of ketones is 1. The summed E-state index contributed by atoms with van der Waals surface area (Å²) >= 11 is 1.98. The van der Waals surface area contributed by atoms with Crippen molar-refractivity contribution in [3.8, 4) is 0 Å². The standard InChI is InChI=1S/C16H23NOS/c1-16(2)9-13-11(14(18)10-16)7-8-17(13)12-5-4-6-15(12)19-3/h7-8,12,15H,4-6,9-10H2,1-3H3. The summed E-state index contributed by atoms with van der Waals surface area (Å²) in [6, 6.07) is 2.66. The third-order valence-corrected chi connectivity index (χ3v) is 5.84. The molecule has 0 aromatic carbocycles. The van der Waals surface area contributed by atoms with Gasteiger partial charge in [-0.15, -0.1) is 0 Å². The van der Waals surface area contributed by atoms with Crippen molar-refractivity contribution in [2.75, 3.05) is 6.26 Å². The molecule has 1 aromatic rings. The van der Waals surface area contributed by atoms with Crippen LogP contribution in [0.2, 0.25) is 0 Å². The maximum absolute atomic E-state index is 12.3. The van der Waals surface area contributed by atoms with Crippen molar-refractivity contribution in [2.45, 2.75) is 57.2 Å². The lowest BCUT2D eigenvalue weighted by atomic mass is 9.76. The van der Waals surface area contributed by atoms with E-state index >= 15 is 0 Å². The number of hydrogen-bond donors (Lipinski definition) is 0. The van der Waals surface area contributed by atoms with Gasteiger partial charge in [0.2, 0.25) is 0 Å². The Labute approximate surface area is 120 Å². The number of aromatic nitrogens is 1. The molecule has 1 fully saturated rings. The first-order chi connectivity index (χ1) is 9.02. The molecule has 19 heavy (non-hydrogen) atoms. The van der Waals surface area contributed by atoms with Crippen LogP contribution >= 0.6 is 11.8 Å². The number of thioether (sulfide) groups is 1. The Balaban J connectivity index is 1.99. The quantitative estimate of drug-likeness (QED) is 0.812. The Morgan fingerprint density at radius 1 is 1.32 bits per heavy atom. The zero-order valence-corrected chi connectivity index (χ0v) is 12.9. The van der Waals surface area contributed by atoms with E-state index in [1.807, 2.05) is 11.8 Å². The van der Waals surface area contributed by atoms with Crippen molar-refractivity contribution in [1.29, 1.82) is 0 Å². The summed E-state index contributed by atoms with van der Waals surface area (Å²) in [5.41, 5.74) is 2.41. The van der Waals surface area contributed by atoms with Crippen LogP contribution in [0.25, 0.3) is 0 Å². The van der Waals surface area contributed by atoms with Crippen molar-refractivity contribution in [1.82, 2.24) is 4.57 Å². The Morgan fingerprint density at radius 3 is 2.84 bits per heavy atom. The molecule has 0 radical (unpaired) electrons. The maximum atomic E-state index is 12.3. The molecule has 2 aliphatic rings. The maximum Gasteiger partial charge on any atom is 0.165 e. The average Bonchev–Trinajstić information content (AvgIpc) is 2.92. The fraction of sp³-hybridized carbons (Fsp3) is 0.688. The van der Waals surface area contributed by atoms with Crippen LogP contribution in [0.1, 0.15) is 61.6 Å². The highest BCUT2D eigenvalue weighted by Crippen LogP contribution is 2.42. The van der Waals surface area contributed by atoms with E-state index in [0.29, 0.717) is 18.2 Å². The zero-order chi connectivity index (χ0) is 13.6. The van der Waals surface area contributed by atoms with E-state index in [0.717, 1.165) is 17.2 Å². The normalized spacial score (nSPS) is 29.5. The summed E-state index contributed by atoms with van der Waals surface area (Å²) in [4.78, 5) is 12.3. The molecule has 2 atom stereocenters. The van der Waals surface area contributed by atoms with Crippen LogP contribution in [0.15, 0.2) is 12.3 Å². The van der Waals surface area contributed by atoms with E-state index in [1.54, 1.807) is 0 Å². The fourth-order valence-electron chi connectivity index (χ4n) is 3.78. The predicted molar refractivity (Wildman–Crippen MR) is 81.1 cm³/mol. The molecule has 1 heterocycles. The van der Waals surface area contributed by atoms with E-state index < -0.39 is 0 Å². The second-order valence-electron chi connectivity index (χ2n) is 6.80. The van der Waals surface area contributed by atoms with Crippen molar-refractivity contribution in [3.63, 3.8) is 0 Å².